The third-order valence-corrected chi connectivity index (χ3v) is 5.56. The summed E-state index contributed by atoms with van der Waals surface area (Å²) in [7, 11) is 0. The highest BCUT2D eigenvalue weighted by atomic mass is 19.4. The smallest absolute Gasteiger partial charge is 0.391 e. The van der Waals surface area contributed by atoms with E-state index in [-0.39, 0.29) is 6.61 Å². The zero-order chi connectivity index (χ0) is 25.2. The molecule has 0 spiro atoms. The Morgan fingerprint density at radius 1 is 0.914 bits per heavy atom. The first-order valence-electron chi connectivity index (χ1n) is 10.7. The van der Waals surface area contributed by atoms with Gasteiger partial charge in [0.05, 0.1) is 22.7 Å². The van der Waals surface area contributed by atoms with Crippen LogP contribution in [-0.4, -0.2) is 10.3 Å². The number of hydrogen-bond acceptors (Lipinski definition) is 2. The number of oxime groups is 1. The summed E-state index contributed by atoms with van der Waals surface area (Å²) in [6.45, 7) is 3.33. The van der Waals surface area contributed by atoms with E-state index in [2.05, 4.69) is 5.16 Å². The summed E-state index contributed by atoms with van der Waals surface area (Å²) < 4.78 is 68.7. The molecule has 4 rings (SSSR count). The van der Waals surface area contributed by atoms with Crippen molar-refractivity contribution in [2.45, 2.75) is 26.6 Å². The molecule has 1 aromatic heterocycles. The SMILES string of the molecule is C/C(=N\OCc1cccc(C(F)(F)F)c1)c1cc(-c2ccc(F)cc2)n(-c2ccccc2F)c1C. The van der Waals surface area contributed by atoms with Gasteiger partial charge in [-0.3, -0.25) is 0 Å². The van der Waals surface area contributed by atoms with Crippen molar-refractivity contribution in [3.8, 4) is 16.9 Å². The molecule has 8 heteroatoms. The summed E-state index contributed by atoms with van der Waals surface area (Å²) in [6, 6.07) is 18.8. The highest BCUT2D eigenvalue weighted by Crippen LogP contribution is 2.32. The van der Waals surface area contributed by atoms with E-state index in [4.69, 9.17) is 4.84 Å². The third kappa shape index (κ3) is 5.26. The van der Waals surface area contributed by atoms with Gasteiger partial charge in [0, 0.05) is 11.3 Å². The lowest BCUT2D eigenvalue weighted by Crippen LogP contribution is -2.06. The highest BCUT2D eigenvalue weighted by molar-refractivity contribution is 6.01. The molecule has 1 heterocycles. The van der Waals surface area contributed by atoms with Crippen molar-refractivity contribution in [1.29, 1.82) is 0 Å². The molecule has 3 aromatic carbocycles. The van der Waals surface area contributed by atoms with E-state index in [0.717, 1.165) is 12.1 Å². The number of halogens is 5. The van der Waals surface area contributed by atoms with Gasteiger partial charge in [-0.15, -0.1) is 0 Å². The van der Waals surface area contributed by atoms with Crippen LogP contribution in [0.2, 0.25) is 0 Å². The maximum Gasteiger partial charge on any atom is 0.416 e. The summed E-state index contributed by atoms with van der Waals surface area (Å²) >= 11 is 0. The Balaban J connectivity index is 1.68. The van der Waals surface area contributed by atoms with Crippen LogP contribution in [0.1, 0.15) is 29.3 Å². The second-order valence-electron chi connectivity index (χ2n) is 7.97. The van der Waals surface area contributed by atoms with Crippen LogP contribution in [0.5, 0.6) is 0 Å². The molecule has 4 aromatic rings. The normalized spacial score (nSPS) is 12.1. The predicted molar refractivity (Wildman–Crippen MR) is 124 cm³/mol. The van der Waals surface area contributed by atoms with Crippen LogP contribution in [0.4, 0.5) is 22.0 Å². The predicted octanol–water partition coefficient (Wildman–Crippen LogP) is 7.69. The number of para-hydroxylation sites is 1. The fraction of sp³-hybridized carbons (Fsp3) is 0.148. The standard InChI is InChI=1S/C27H21F5N2O/c1-17(33-35-16-19-6-5-7-21(14-19)27(30,31)32)23-15-26(20-10-12-22(28)13-11-20)34(18(23)2)25-9-4-3-8-24(25)29/h3-15H,16H2,1-2H3/b33-17+. The van der Waals surface area contributed by atoms with Gasteiger partial charge in [-0.25, -0.2) is 8.78 Å². The van der Waals surface area contributed by atoms with Crippen molar-refractivity contribution in [2.24, 2.45) is 5.16 Å². The van der Waals surface area contributed by atoms with Crippen molar-refractivity contribution in [2.75, 3.05) is 0 Å². The fourth-order valence-electron chi connectivity index (χ4n) is 3.84. The Morgan fingerprint density at radius 3 is 2.31 bits per heavy atom. The summed E-state index contributed by atoms with van der Waals surface area (Å²) in [6.07, 6.45) is -4.45. The molecule has 0 N–H and O–H groups in total. The summed E-state index contributed by atoms with van der Waals surface area (Å²) in [5.74, 6) is -0.827. The van der Waals surface area contributed by atoms with Crippen LogP contribution in [-0.2, 0) is 17.6 Å². The Kier molecular flexibility index (Phi) is 6.73. The molecule has 0 bridgehead atoms. The molecule has 0 amide bonds. The second-order valence-corrected chi connectivity index (χ2v) is 7.97. The minimum absolute atomic E-state index is 0.154. The maximum atomic E-state index is 14.7. The van der Waals surface area contributed by atoms with Crippen molar-refractivity contribution >= 4 is 5.71 Å². The number of rotatable bonds is 6. The summed E-state index contributed by atoms with van der Waals surface area (Å²) in [5.41, 5.74) is 2.93. The quantitative estimate of drug-likeness (QED) is 0.157. The molecular formula is C27H21F5N2O. The van der Waals surface area contributed by atoms with Crippen molar-refractivity contribution < 1.29 is 26.8 Å². The van der Waals surface area contributed by atoms with Gasteiger partial charge in [0.1, 0.15) is 18.2 Å². The van der Waals surface area contributed by atoms with Gasteiger partial charge in [-0.05, 0) is 79.6 Å². The number of hydrogen-bond donors (Lipinski definition) is 0. The van der Waals surface area contributed by atoms with Gasteiger partial charge >= 0.3 is 6.18 Å². The molecule has 0 aliphatic rings. The number of nitrogens with zero attached hydrogens (tertiary/aromatic N) is 2. The van der Waals surface area contributed by atoms with Crippen molar-refractivity contribution in [3.63, 3.8) is 0 Å². The molecule has 0 aliphatic heterocycles. The zero-order valence-corrected chi connectivity index (χ0v) is 18.9. The first-order valence-corrected chi connectivity index (χ1v) is 10.7. The van der Waals surface area contributed by atoms with Gasteiger partial charge < -0.3 is 9.40 Å². The average Bonchev–Trinajstić information content (AvgIpc) is 3.16. The first-order chi connectivity index (χ1) is 16.6. The average molecular weight is 484 g/mol. The molecule has 35 heavy (non-hydrogen) atoms. The maximum absolute atomic E-state index is 14.7. The Hall–Kier alpha value is -3.94. The molecule has 0 aliphatic carbocycles. The van der Waals surface area contributed by atoms with Crippen LogP contribution < -0.4 is 0 Å². The van der Waals surface area contributed by atoms with E-state index in [9.17, 15) is 22.0 Å². The van der Waals surface area contributed by atoms with E-state index in [1.54, 1.807) is 54.8 Å². The first kappa shape index (κ1) is 24.2. The Morgan fingerprint density at radius 2 is 1.63 bits per heavy atom. The second kappa shape index (κ2) is 9.74. The van der Waals surface area contributed by atoms with E-state index in [1.165, 1.54) is 30.3 Å². The van der Waals surface area contributed by atoms with Crippen molar-refractivity contribution in [3.05, 3.63) is 113 Å². The zero-order valence-electron chi connectivity index (χ0n) is 18.9. The molecule has 0 unspecified atom stereocenters. The van der Waals surface area contributed by atoms with Crippen LogP contribution >= 0.6 is 0 Å². The topological polar surface area (TPSA) is 26.5 Å². The van der Waals surface area contributed by atoms with E-state index in [1.807, 2.05) is 0 Å². The molecule has 0 fully saturated rings. The van der Waals surface area contributed by atoms with E-state index >= 15 is 0 Å². The van der Waals surface area contributed by atoms with E-state index in [0.29, 0.717) is 39.5 Å². The number of alkyl halides is 3. The lowest BCUT2D eigenvalue weighted by Gasteiger charge is -2.13. The van der Waals surface area contributed by atoms with E-state index < -0.39 is 23.4 Å². The molecular weight excluding hydrogens is 463 g/mol. The molecule has 0 saturated carbocycles. The number of benzene rings is 3. The summed E-state index contributed by atoms with van der Waals surface area (Å²) in [4.78, 5) is 5.35. The number of aromatic nitrogens is 1. The molecule has 180 valence electrons. The van der Waals surface area contributed by atoms with Gasteiger partial charge in [-0.2, -0.15) is 13.2 Å². The van der Waals surface area contributed by atoms with Gasteiger partial charge in [-0.1, -0.05) is 29.4 Å². The molecule has 0 atom stereocenters. The largest absolute Gasteiger partial charge is 0.416 e. The minimum atomic E-state index is -4.45. The van der Waals surface area contributed by atoms with Gasteiger partial charge in [0.2, 0.25) is 0 Å². The fourth-order valence-corrected chi connectivity index (χ4v) is 3.84. The Labute approximate surface area is 199 Å². The molecule has 0 saturated heterocycles. The summed E-state index contributed by atoms with van der Waals surface area (Å²) in [5, 5.41) is 4.09. The minimum Gasteiger partial charge on any atom is -0.391 e. The lowest BCUT2D eigenvalue weighted by atomic mass is 10.1. The van der Waals surface area contributed by atoms with Crippen LogP contribution in [0.25, 0.3) is 16.9 Å². The van der Waals surface area contributed by atoms with Crippen LogP contribution in [0.15, 0.2) is 84.0 Å². The monoisotopic (exact) mass is 484 g/mol. The van der Waals surface area contributed by atoms with Crippen LogP contribution in [0.3, 0.4) is 0 Å². The van der Waals surface area contributed by atoms with Gasteiger partial charge in [0.25, 0.3) is 0 Å². The van der Waals surface area contributed by atoms with Crippen LogP contribution in [0, 0.1) is 18.6 Å². The third-order valence-electron chi connectivity index (χ3n) is 5.56. The Bertz CT molecular complexity index is 1370. The lowest BCUT2D eigenvalue weighted by molar-refractivity contribution is -0.137. The van der Waals surface area contributed by atoms with Gasteiger partial charge in [0.15, 0.2) is 0 Å². The molecule has 3 nitrogen and oxygen atoms in total. The molecule has 0 radical (unpaired) electrons. The van der Waals surface area contributed by atoms with Crippen molar-refractivity contribution in [1.82, 2.24) is 4.57 Å². The highest BCUT2D eigenvalue weighted by Gasteiger charge is 2.30.